The van der Waals surface area contributed by atoms with Crippen LogP contribution in [-0.4, -0.2) is 36.2 Å². The van der Waals surface area contributed by atoms with Crippen LogP contribution in [0, 0.1) is 0 Å². The van der Waals surface area contributed by atoms with E-state index < -0.39 is 0 Å². The van der Waals surface area contributed by atoms with Gasteiger partial charge in [-0.2, -0.15) is 0 Å². The molecule has 0 spiro atoms. The number of thioether (sulfide) groups is 1. The minimum Gasteiger partial charge on any atom is -0.465 e. The summed E-state index contributed by atoms with van der Waals surface area (Å²) in [5.74, 6) is 0.345. The maximum Gasteiger partial charge on any atom is 0.315 e. The predicted molar refractivity (Wildman–Crippen MR) is 66.3 cm³/mol. The van der Waals surface area contributed by atoms with Gasteiger partial charge in [-0.1, -0.05) is 20.8 Å². The van der Waals surface area contributed by atoms with E-state index in [1.807, 2.05) is 6.92 Å². The fraction of sp³-hybridized carbons (Fsp3) is 0.909. The molecule has 0 fully saturated rings. The summed E-state index contributed by atoms with van der Waals surface area (Å²) in [5.41, 5.74) is 0. The summed E-state index contributed by atoms with van der Waals surface area (Å²) in [4.78, 5) is 11.2. The number of hydrogen-bond acceptors (Lipinski definition) is 4. The van der Waals surface area contributed by atoms with Crippen LogP contribution in [0.2, 0.25) is 0 Å². The third-order valence-corrected chi connectivity index (χ3v) is 3.50. The van der Waals surface area contributed by atoms with Crippen molar-refractivity contribution in [2.24, 2.45) is 0 Å². The van der Waals surface area contributed by atoms with Gasteiger partial charge in [0.2, 0.25) is 0 Å². The lowest BCUT2D eigenvalue weighted by Gasteiger charge is -2.22. The molecule has 0 aromatic carbocycles. The van der Waals surface area contributed by atoms with Crippen LogP contribution >= 0.6 is 11.8 Å². The van der Waals surface area contributed by atoms with Gasteiger partial charge in [-0.25, -0.2) is 0 Å². The minimum atomic E-state index is -0.110. The Morgan fingerprint density at radius 3 is 2.53 bits per heavy atom. The molecule has 3 nitrogen and oxygen atoms in total. The van der Waals surface area contributed by atoms with Gasteiger partial charge in [0.25, 0.3) is 0 Å². The smallest absolute Gasteiger partial charge is 0.315 e. The van der Waals surface area contributed by atoms with Crippen molar-refractivity contribution in [2.45, 2.75) is 45.4 Å². The van der Waals surface area contributed by atoms with Crippen LogP contribution in [0.1, 0.15) is 34.1 Å². The molecule has 0 saturated heterocycles. The van der Waals surface area contributed by atoms with Crippen molar-refractivity contribution >= 4 is 17.7 Å². The van der Waals surface area contributed by atoms with E-state index in [0.29, 0.717) is 23.7 Å². The van der Waals surface area contributed by atoms with Crippen LogP contribution in [0.5, 0.6) is 0 Å². The molecule has 0 aliphatic carbocycles. The number of esters is 1. The zero-order valence-electron chi connectivity index (χ0n) is 10.2. The van der Waals surface area contributed by atoms with Gasteiger partial charge in [0.1, 0.15) is 0 Å². The third kappa shape index (κ3) is 6.79. The number of carbonyl (C=O) groups excluding carboxylic acids is 1. The largest absolute Gasteiger partial charge is 0.465 e. The summed E-state index contributed by atoms with van der Waals surface area (Å²) >= 11 is 1.66. The molecule has 0 bridgehead atoms. The normalized spacial score (nSPS) is 14.7. The SMILES string of the molecule is CCNC(CC)C(C)SCC(=O)OCC. The molecule has 0 aromatic rings. The van der Waals surface area contributed by atoms with Gasteiger partial charge in [-0.05, 0) is 19.9 Å². The van der Waals surface area contributed by atoms with Crippen molar-refractivity contribution < 1.29 is 9.53 Å². The van der Waals surface area contributed by atoms with Gasteiger partial charge < -0.3 is 10.1 Å². The topological polar surface area (TPSA) is 38.3 Å². The lowest BCUT2D eigenvalue weighted by atomic mass is 10.2. The lowest BCUT2D eigenvalue weighted by molar-refractivity contribution is -0.139. The predicted octanol–water partition coefficient (Wildman–Crippen LogP) is 2.06. The monoisotopic (exact) mass is 233 g/mol. The van der Waals surface area contributed by atoms with Gasteiger partial charge in [0.05, 0.1) is 12.4 Å². The first kappa shape index (κ1) is 14.8. The highest BCUT2D eigenvalue weighted by molar-refractivity contribution is 8.00. The second kappa shape index (κ2) is 9.04. The van der Waals surface area contributed by atoms with E-state index in [2.05, 4.69) is 26.1 Å². The molecule has 0 aromatic heterocycles. The van der Waals surface area contributed by atoms with E-state index in [0.717, 1.165) is 13.0 Å². The molecule has 4 heteroatoms. The third-order valence-electron chi connectivity index (χ3n) is 2.24. The quantitative estimate of drug-likeness (QED) is 0.651. The van der Waals surface area contributed by atoms with Crippen LogP contribution in [0.15, 0.2) is 0 Å². The average molecular weight is 233 g/mol. The first-order valence-corrected chi connectivity index (χ1v) is 6.71. The molecule has 0 radical (unpaired) electrons. The summed E-state index contributed by atoms with van der Waals surface area (Å²) in [7, 11) is 0. The summed E-state index contributed by atoms with van der Waals surface area (Å²) in [5, 5.41) is 3.86. The Labute approximate surface area is 97.3 Å². The summed E-state index contributed by atoms with van der Waals surface area (Å²) < 4.78 is 4.89. The number of carbonyl (C=O) groups is 1. The van der Waals surface area contributed by atoms with Crippen molar-refractivity contribution in [3.05, 3.63) is 0 Å². The van der Waals surface area contributed by atoms with Crippen molar-refractivity contribution in [3.63, 3.8) is 0 Å². The van der Waals surface area contributed by atoms with Crippen molar-refractivity contribution in [2.75, 3.05) is 18.9 Å². The lowest BCUT2D eigenvalue weighted by Crippen LogP contribution is -2.36. The Hall–Kier alpha value is -0.220. The first-order valence-electron chi connectivity index (χ1n) is 5.66. The zero-order chi connectivity index (χ0) is 11.7. The molecule has 15 heavy (non-hydrogen) atoms. The molecule has 0 heterocycles. The van der Waals surface area contributed by atoms with E-state index in [1.54, 1.807) is 11.8 Å². The van der Waals surface area contributed by atoms with Crippen molar-refractivity contribution in [1.29, 1.82) is 0 Å². The molecule has 2 unspecified atom stereocenters. The average Bonchev–Trinajstić information content (AvgIpc) is 2.23. The van der Waals surface area contributed by atoms with Gasteiger partial charge >= 0.3 is 5.97 Å². The van der Waals surface area contributed by atoms with Crippen molar-refractivity contribution in [1.82, 2.24) is 5.32 Å². The molecule has 0 aliphatic rings. The van der Waals surface area contributed by atoms with Crippen LogP contribution in [0.3, 0.4) is 0 Å². The number of ether oxygens (including phenoxy) is 1. The minimum absolute atomic E-state index is 0.110. The Kier molecular flexibility index (Phi) is 8.91. The molecular weight excluding hydrogens is 210 g/mol. The molecule has 2 atom stereocenters. The standard InChI is InChI=1S/C11H23NO2S/c1-5-10(12-6-2)9(4)15-8-11(13)14-7-3/h9-10,12H,5-8H2,1-4H3. The van der Waals surface area contributed by atoms with Gasteiger partial charge in [0, 0.05) is 11.3 Å². The summed E-state index contributed by atoms with van der Waals surface area (Å²) in [6, 6.07) is 0.481. The van der Waals surface area contributed by atoms with E-state index in [-0.39, 0.29) is 5.97 Å². The molecular formula is C11H23NO2S. The zero-order valence-corrected chi connectivity index (χ0v) is 11.0. The fourth-order valence-corrected chi connectivity index (χ4v) is 2.43. The Balaban J connectivity index is 3.79. The second-order valence-electron chi connectivity index (χ2n) is 3.39. The highest BCUT2D eigenvalue weighted by atomic mass is 32.2. The highest BCUT2D eigenvalue weighted by Gasteiger charge is 2.16. The fourth-order valence-electron chi connectivity index (χ4n) is 1.42. The first-order chi connectivity index (χ1) is 7.15. The van der Waals surface area contributed by atoms with Crippen LogP contribution < -0.4 is 5.32 Å². The van der Waals surface area contributed by atoms with Crippen LogP contribution in [0.4, 0.5) is 0 Å². The maximum atomic E-state index is 11.2. The number of hydrogen-bond donors (Lipinski definition) is 1. The summed E-state index contributed by atoms with van der Waals surface area (Å²) in [6.07, 6.45) is 1.09. The van der Waals surface area contributed by atoms with Gasteiger partial charge in [-0.15, -0.1) is 11.8 Å². The van der Waals surface area contributed by atoms with E-state index in [1.165, 1.54) is 0 Å². The van der Waals surface area contributed by atoms with Crippen LogP contribution in [-0.2, 0) is 9.53 Å². The molecule has 90 valence electrons. The van der Waals surface area contributed by atoms with E-state index in [9.17, 15) is 4.79 Å². The number of rotatable bonds is 8. The molecule has 0 amide bonds. The van der Waals surface area contributed by atoms with E-state index in [4.69, 9.17) is 4.74 Å². The Morgan fingerprint density at radius 1 is 1.40 bits per heavy atom. The van der Waals surface area contributed by atoms with E-state index >= 15 is 0 Å². The summed E-state index contributed by atoms with van der Waals surface area (Å²) in [6.45, 7) is 9.70. The molecule has 0 saturated carbocycles. The van der Waals surface area contributed by atoms with Gasteiger partial charge in [0.15, 0.2) is 0 Å². The maximum absolute atomic E-state index is 11.2. The number of nitrogens with one attached hydrogen (secondary N) is 1. The molecule has 0 rings (SSSR count). The van der Waals surface area contributed by atoms with Crippen molar-refractivity contribution in [3.8, 4) is 0 Å². The molecule has 1 N–H and O–H groups in total. The highest BCUT2D eigenvalue weighted by Crippen LogP contribution is 2.16. The second-order valence-corrected chi connectivity index (χ2v) is 4.76. The van der Waals surface area contributed by atoms with Crippen LogP contribution in [0.25, 0.3) is 0 Å². The Bertz CT molecular complexity index is 176. The Morgan fingerprint density at radius 2 is 2.07 bits per heavy atom. The van der Waals surface area contributed by atoms with Gasteiger partial charge in [-0.3, -0.25) is 4.79 Å². The molecule has 0 aliphatic heterocycles.